The van der Waals surface area contributed by atoms with Crippen molar-refractivity contribution in [2.75, 3.05) is 52.0 Å². The Morgan fingerprint density at radius 1 is 0.976 bits per heavy atom. The zero-order chi connectivity index (χ0) is 28.6. The van der Waals surface area contributed by atoms with Crippen molar-refractivity contribution in [3.63, 3.8) is 0 Å². The molecule has 1 amide bonds. The molecule has 0 N–H and O–H groups in total. The molecule has 0 spiro atoms. The average Bonchev–Trinajstić information content (AvgIpc) is 3.47. The number of morpholine rings is 1. The first-order valence-electron chi connectivity index (χ1n) is 13.4. The molecule has 0 aliphatic carbocycles. The minimum absolute atomic E-state index is 0.170. The number of carbonyl (C=O) groups excluding carboxylic acids is 1. The fourth-order valence-corrected chi connectivity index (χ4v) is 6.82. The van der Waals surface area contributed by atoms with Gasteiger partial charge in [-0.05, 0) is 42.5 Å². The van der Waals surface area contributed by atoms with Gasteiger partial charge < -0.3 is 23.7 Å². The number of benzene rings is 3. The zero-order valence-corrected chi connectivity index (χ0v) is 23.8. The Bertz CT molecular complexity index is 1750. The summed E-state index contributed by atoms with van der Waals surface area (Å²) in [7, 11) is -0.396. The summed E-state index contributed by atoms with van der Waals surface area (Å²) in [6, 6.07) is 20.4. The molecular formula is C31H31N3O6S. The van der Waals surface area contributed by atoms with Crippen molar-refractivity contribution in [3.8, 4) is 11.5 Å². The van der Waals surface area contributed by atoms with Gasteiger partial charge in [0, 0.05) is 53.9 Å². The topological polar surface area (TPSA) is 90.3 Å². The summed E-state index contributed by atoms with van der Waals surface area (Å²) < 4.78 is 47.0. The molecule has 0 unspecified atom stereocenters. The molecule has 1 aromatic heterocycles. The monoisotopic (exact) mass is 573 g/mol. The summed E-state index contributed by atoms with van der Waals surface area (Å²) >= 11 is 0. The van der Waals surface area contributed by atoms with Crippen LogP contribution in [0.1, 0.15) is 11.1 Å². The van der Waals surface area contributed by atoms with Crippen LogP contribution in [-0.4, -0.2) is 70.3 Å². The van der Waals surface area contributed by atoms with Crippen LogP contribution in [0.4, 0.5) is 5.69 Å². The van der Waals surface area contributed by atoms with Crippen LogP contribution in [0, 0.1) is 0 Å². The number of nitrogens with zero attached hydrogens (tertiary/aromatic N) is 3. The van der Waals surface area contributed by atoms with Gasteiger partial charge in [0.2, 0.25) is 10.0 Å². The van der Waals surface area contributed by atoms with Crippen LogP contribution in [0.15, 0.2) is 77.8 Å². The van der Waals surface area contributed by atoms with E-state index in [9.17, 15) is 13.2 Å². The molecular weight excluding hydrogens is 542 g/mol. The van der Waals surface area contributed by atoms with Gasteiger partial charge >= 0.3 is 0 Å². The highest BCUT2D eigenvalue weighted by Gasteiger charge is 2.33. The second-order valence-electron chi connectivity index (χ2n) is 9.91. The third-order valence-corrected chi connectivity index (χ3v) is 9.44. The number of anilines is 1. The van der Waals surface area contributed by atoms with Gasteiger partial charge in [-0.25, -0.2) is 8.42 Å². The Morgan fingerprint density at radius 3 is 2.49 bits per heavy atom. The number of aromatic nitrogens is 1. The molecule has 0 saturated carbocycles. The molecule has 10 heteroatoms. The van der Waals surface area contributed by atoms with Crippen LogP contribution in [-0.2, 0) is 26.1 Å². The van der Waals surface area contributed by atoms with Gasteiger partial charge in [-0.2, -0.15) is 4.31 Å². The van der Waals surface area contributed by atoms with Gasteiger partial charge in [0.1, 0.15) is 6.61 Å². The summed E-state index contributed by atoms with van der Waals surface area (Å²) in [6.07, 6.45) is 3.86. The maximum Gasteiger partial charge on any atom is 0.258 e. The molecule has 0 radical (unpaired) electrons. The largest absolute Gasteiger partial charge is 0.493 e. The summed E-state index contributed by atoms with van der Waals surface area (Å²) in [5.41, 5.74) is 3.60. The van der Waals surface area contributed by atoms with E-state index in [0.29, 0.717) is 67.8 Å². The molecule has 1 saturated heterocycles. The Labute approximate surface area is 239 Å². The molecule has 2 aliphatic heterocycles. The van der Waals surface area contributed by atoms with E-state index in [4.69, 9.17) is 14.2 Å². The van der Waals surface area contributed by atoms with Crippen LogP contribution < -0.4 is 14.4 Å². The van der Waals surface area contributed by atoms with Gasteiger partial charge in [0.25, 0.3) is 5.91 Å². The highest BCUT2D eigenvalue weighted by Crippen LogP contribution is 2.39. The van der Waals surface area contributed by atoms with Crippen LogP contribution in [0.2, 0.25) is 0 Å². The fourth-order valence-electron chi connectivity index (χ4n) is 5.39. The number of hydrogen-bond acceptors (Lipinski definition) is 6. The summed E-state index contributed by atoms with van der Waals surface area (Å²) in [4.78, 5) is 15.1. The van der Waals surface area contributed by atoms with E-state index in [1.165, 1.54) is 4.31 Å². The van der Waals surface area contributed by atoms with E-state index in [0.717, 1.165) is 16.5 Å². The Hall–Kier alpha value is -4.12. The lowest BCUT2D eigenvalue weighted by atomic mass is 10.0. The fraction of sp³-hybridized carbons (Fsp3) is 0.258. The molecule has 3 aromatic carbocycles. The molecule has 3 heterocycles. The second-order valence-corrected chi connectivity index (χ2v) is 11.8. The van der Waals surface area contributed by atoms with Crippen molar-refractivity contribution in [1.29, 1.82) is 0 Å². The molecule has 9 nitrogen and oxygen atoms in total. The lowest BCUT2D eigenvalue weighted by molar-refractivity contribution is -0.112. The number of carbonyl (C=O) groups is 1. The Morgan fingerprint density at radius 2 is 1.71 bits per heavy atom. The van der Waals surface area contributed by atoms with Gasteiger partial charge in [-0.3, -0.25) is 4.79 Å². The van der Waals surface area contributed by atoms with E-state index < -0.39 is 10.0 Å². The summed E-state index contributed by atoms with van der Waals surface area (Å²) in [5, 5.41) is 0.985. The smallest absolute Gasteiger partial charge is 0.258 e. The first kappa shape index (κ1) is 27.1. The van der Waals surface area contributed by atoms with Gasteiger partial charge in [-0.1, -0.05) is 30.3 Å². The van der Waals surface area contributed by atoms with Crippen LogP contribution in [0.25, 0.3) is 22.6 Å². The van der Waals surface area contributed by atoms with Crippen LogP contribution in [0.5, 0.6) is 11.5 Å². The van der Waals surface area contributed by atoms with E-state index >= 15 is 0 Å². The Kier molecular flexibility index (Phi) is 7.29. The third kappa shape index (κ3) is 4.99. The van der Waals surface area contributed by atoms with Gasteiger partial charge in [0.15, 0.2) is 11.5 Å². The molecule has 212 valence electrons. The molecule has 0 atom stereocenters. The van der Waals surface area contributed by atoms with Crippen molar-refractivity contribution in [1.82, 2.24) is 8.87 Å². The summed E-state index contributed by atoms with van der Waals surface area (Å²) in [5.74, 6) is 1.16. The average molecular weight is 574 g/mol. The zero-order valence-electron chi connectivity index (χ0n) is 22.9. The second kappa shape index (κ2) is 11.0. The number of amides is 1. The summed E-state index contributed by atoms with van der Waals surface area (Å²) in [6.45, 7) is 2.34. The maximum absolute atomic E-state index is 13.4. The maximum atomic E-state index is 13.4. The van der Waals surface area contributed by atoms with Crippen LogP contribution in [0.3, 0.4) is 0 Å². The number of ether oxygens (including phenoxy) is 3. The van der Waals surface area contributed by atoms with Crippen molar-refractivity contribution >= 4 is 44.2 Å². The first-order chi connectivity index (χ1) is 19.9. The number of para-hydroxylation sites is 3. The van der Waals surface area contributed by atoms with Crippen LogP contribution >= 0.6 is 0 Å². The van der Waals surface area contributed by atoms with E-state index in [-0.39, 0.29) is 10.8 Å². The first-order valence-corrected chi connectivity index (χ1v) is 14.9. The number of methoxy groups -OCH3 is 1. The number of sulfonamides is 1. The molecule has 1 fully saturated rings. The normalized spacial score (nSPS) is 16.9. The molecule has 2 aliphatic rings. The van der Waals surface area contributed by atoms with Gasteiger partial charge in [-0.15, -0.1) is 0 Å². The minimum atomic E-state index is -3.71. The lowest BCUT2D eigenvalue weighted by Gasteiger charge is -2.26. The molecule has 0 bridgehead atoms. The quantitative estimate of drug-likeness (QED) is 0.293. The minimum Gasteiger partial charge on any atom is -0.493 e. The van der Waals surface area contributed by atoms with Crippen molar-refractivity contribution < 1.29 is 27.4 Å². The molecule has 41 heavy (non-hydrogen) atoms. The molecule has 6 rings (SSSR count). The Balaban J connectivity index is 1.34. The molecule has 4 aromatic rings. The number of likely N-dealkylation sites (N-methyl/N-ethyl adjacent to an activating group) is 1. The number of hydrogen-bond donors (Lipinski definition) is 0. The third-order valence-electron chi connectivity index (χ3n) is 7.54. The van der Waals surface area contributed by atoms with E-state index in [2.05, 4.69) is 4.57 Å². The van der Waals surface area contributed by atoms with Crippen molar-refractivity contribution in [3.05, 3.63) is 84.1 Å². The highest BCUT2D eigenvalue weighted by atomic mass is 32.2. The van der Waals surface area contributed by atoms with Crippen molar-refractivity contribution in [2.45, 2.75) is 11.4 Å². The highest BCUT2D eigenvalue weighted by molar-refractivity contribution is 7.89. The predicted molar refractivity (Wildman–Crippen MR) is 158 cm³/mol. The van der Waals surface area contributed by atoms with E-state index in [1.807, 2.05) is 60.8 Å². The number of fused-ring (bicyclic) bond motifs is 2. The van der Waals surface area contributed by atoms with Gasteiger partial charge in [0.05, 0.1) is 37.5 Å². The lowest BCUT2D eigenvalue weighted by Crippen LogP contribution is -2.40. The number of rotatable bonds is 8. The van der Waals surface area contributed by atoms with E-state index in [1.54, 1.807) is 37.3 Å². The standard InChI is InChI=1S/C31H31N3O6S/c1-32-27-12-11-23(41(36,37)34-14-16-39-17-15-34)20-25(27)26(31(32)35)19-22-21-33(28-8-4-3-7-24(22)28)13-18-40-30-10-6-5-9-29(30)38-2/h3-12,19-21H,13-18H2,1-2H3/b26-19-. The van der Waals surface area contributed by atoms with Crippen molar-refractivity contribution in [2.24, 2.45) is 0 Å². The predicted octanol–water partition coefficient (Wildman–Crippen LogP) is 4.27. The SMILES string of the molecule is COc1ccccc1OCCn1cc(/C=C2\C(=O)N(C)c3ccc(S(=O)(=O)N4CCOCC4)cc32)c2ccccc21.